The van der Waals surface area contributed by atoms with Gasteiger partial charge in [-0.2, -0.15) is 0 Å². The molecule has 1 aliphatic heterocycles. The molecule has 0 radical (unpaired) electrons. The van der Waals surface area contributed by atoms with Gasteiger partial charge in [-0.1, -0.05) is 0 Å². The Kier molecular flexibility index (Phi) is 8.94. The van der Waals surface area contributed by atoms with Crippen molar-refractivity contribution in [1.29, 1.82) is 0 Å². The van der Waals surface area contributed by atoms with Crippen LogP contribution >= 0.6 is 0 Å². The largest absolute Gasteiger partial charge is 0.502 e. The van der Waals surface area contributed by atoms with E-state index in [0.717, 1.165) is 5.56 Å². The normalized spacial score (nSPS) is 28.5. The highest BCUT2D eigenvalue weighted by Crippen LogP contribution is 2.54. The molecule has 216 valence electrons. The quantitative estimate of drug-likeness (QED) is 0.254. The third-order valence-corrected chi connectivity index (χ3v) is 7.60. The minimum atomic E-state index is -1.49. The number of benzene rings is 2. The summed E-state index contributed by atoms with van der Waals surface area (Å²) in [5.41, 5.74) is 1.99. The minimum absolute atomic E-state index is 0.0542. The van der Waals surface area contributed by atoms with Crippen LogP contribution in [0.5, 0.6) is 34.5 Å². The Labute approximate surface area is 225 Å². The summed E-state index contributed by atoms with van der Waals surface area (Å²) in [7, 11) is 5.66. The molecular weight excluding hydrogens is 516 g/mol. The molecule has 1 aliphatic carbocycles. The molecule has 1 saturated heterocycles. The summed E-state index contributed by atoms with van der Waals surface area (Å²) in [6.07, 6.45) is -5.04. The lowest BCUT2D eigenvalue weighted by Crippen LogP contribution is -2.54. The summed E-state index contributed by atoms with van der Waals surface area (Å²) in [6.45, 7) is -0.504. The van der Waals surface area contributed by atoms with Crippen LogP contribution in [0.3, 0.4) is 0 Å². The lowest BCUT2D eigenvalue weighted by Gasteiger charge is -2.42. The average molecular weight is 553 g/mol. The van der Waals surface area contributed by atoms with E-state index in [0.29, 0.717) is 17.5 Å². The van der Waals surface area contributed by atoms with Crippen molar-refractivity contribution in [3.05, 3.63) is 34.9 Å². The molecule has 2 aromatic carbocycles. The van der Waals surface area contributed by atoms with Crippen LogP contribution in [0.2, 0.25) is 0 Å². The molecule has 2 aromatic rings. The van der Waals surface area contributed by atoms with E-state index in [1.807, 2.05) is 0 Å². The molecule has 0 aromatic heterocycles. The second-order valence-corrected chi connectivity index (χ2v) is 9.68. The topological polar surface area (TPSA) is 177 Å². The zero-order chi connectivity index (χ0) is 28.4. The van der Waals surface area contributed by atoms with Crippen molar-refractivity contribution in [3.63, 3.8) is 0 Å². The molecule has 12 nitrogen and oxygen atoms in total. The molecule has 1 heterocycles. The highest BCUT2D eigenvalue weighted by Gasteiger charge is 2.44. The third kappa shape index (κ3) is 5.28. The summed E-state index contributed by atoms with van der Waals surface area (Å²) >= 11 is 0. The molecule has 0 amide bonds. The Morgan fingerprint density at radius 1 is 0.846 bits per heavy atom. The van der Waals surface area contributed by atoms with Crippen molar-refractivity contribution in [2.45, 2.75) is 36.9 Å². The second kappa shape index (κ2) is 12.0. The van der Waals surface area contributed by atoms with E-state index in [4.69, 9.17) is 28.4 Å². The van der Waals surface area contributed by atoms with Gasteiger partial charge in [-0.15, -0.1) is 0 Å². The number of hydrogen-bond donors (Lipinski definition) is 6. The van der Waals surface area contributed by atoms with Crippen LogP contribution < -0.4 is 18.9 Å². The van der Waals surface area contributed by atoms with Crippen LogP contribution in [-0.4, -0.2) is 104 Å². The minimum Gasteiger partial charge on any atom is -0.502 e. The molecule has 0 bridgehead atoms. The summed E-state index contributed by atoms with van der Waals surface area (Å²) in [5.74, 6) is -1.16. The molecule has 6 N–H and O–H groups in total. The monoisotopic (exact) mass is 552 g/mol. The molecule has 39 heavy (non-hydrogen) atoms. The maximum Gasteiger partial charge on any atom is 0.201 e. The van der Waals surface area contributed by atoms with Gasteiger partial charge in [-0.05, 0) is 47.6 Å². The fourth-order valence-corrected chi connectivity index (χ4v) is 5.55. The molecule has 2 aliphatic rings. The Hall–Kier alpha value is -3.00. The summed E-state index contributed by atoms with van der Waals surface area (Å²) in [4.78, 5) is 0. The highest BCUT2D eigenvalue weighted by atomic mass is 16.7. The van der Waals surface area contributed by atoms with Crippen LogP contribution in [0.4, 0.5) is 0 Å². The SMILES string of the molecule is COc1cc([C@@H]2c3c(cc(OC)c(O)c3OC)C[C@@H](CO)[C@@H]2CO[C@H]2OC[C@@H](O)[C@@H](O)[C@H]2O)cc(OC)c1O. The fraction of sp³-hybridized carbons (Fsp3) is 0.556. The van der Waals surface area contributed by atoms with Crippen LogP contribution in [0.1, 0.15) is 22.6 Å². The molecule has 0 saturated carbocycles. The number of rotatable bonds is 9. The third-order valence-electron chi connectivity index (χ3n) is 7.60. The van der Waals surface area contributed by atoms with Gasteiger partial charge in [0.05, 0.1) is 41.7 Å². The van der Waals surface area contributed by atoms with Gasteiger partial charge in [0.25, 0.3) is 0 Å². The zero-order valence-electron chi connectivity index (χ0n) is 22.2. The van der Waals surface area contributed by atoms with Gasteiger partial charge < -0.3 is 59.1 Å². The van der Waals surface area contributed by atoms with Crippen molar-refractivity contribution >= 4 is 0 Å². The Morgan fingerprint density at radius 2 is 1.46 bits per heavy atom. The van der Waals surface area contributed by atoms with Gasteiger partial charge in [0, 0.05) is 18.1 Å². The number of methoxy groups -OCH3 is 4. The number of aliphatic hydroxyl groups excluding tert-OH is 4. The van der Waals surface area contributed by atoms with Crippen molar-refractivity contribution in [2.24, 2.45) is 11.8 Å². The highest BCUT2D eigenvalue weighted by molar-refractivity contribution is 5.64. The number of phenolic OH excluding ortho intramolecular Hbond substituents is 2. The van der Waals surface area contributed by atoms with Crippen LogP contribution in [-0.2, 0) is 15.9 Å². The number of aromatic hydroxyl groups is 2. The first-order valence-corrected chi connectivity index (χ1v) is 12.5. The Balaban J connectivity index is 1.86. The molecular formula is C27H36O12. The van der Waals surface area contributed by atoms with Crippen LogP contribution in [0, 0.1) is 11.8 Å². The summed E-state index contributed by atoms with van der Waals surface area (Å²) in [5, 5.41) is 62.3. The second-order valence-electron chi connectivity index (χ2n) is 9.68. The maximum absolute atomic E-state index is 11.0. The van der Waals surface area contributed by atoms with E-state index in [9.17, 15) is 30.6 Å². The molecule has 1 fully saturated rings. The van der Waals surface area contributed by atoms with Crippen molar-refractivity contribution in [3.8, 4) is 34.5 Å². The first kappa shape index (κ1) is 29.0. The van der Waals surface area contributed by atoms with Gasteiger partial charge in [0.15, 0.2) is 29.3 Å². The van der Waals surface area contributed by atoms with E-state index in [1.165, 1.54) is 28.4 Å². The molecule has 0 spiro atoms. The Bertz CT molecular complexity index is 1130. The first-order valence-electron chi connectivity index (χ1n) is 12.5. The number of fused-ring (bicyclic) bond motifs is 1. The number of ether oxygens (including phenoxy) is 6. The van der Waals surface area contributed by atoms with Crippen molar-refractivity contribution < 1.29 is 59.1 Å². The lowest BCUT2D eigenvalue weighted by molar-refractivity contribution is -0.274. The van der Waals surface area contributed by atoms with Gasteiger partial charge in [0.2, 0.25) is 11.5 Å². The molecule has 0 unspecified atom stereocenters. The first-order chi connectivity index (χ1) is 18.7. The molecule has 4 rings (SSSR count). The number of phenols is 2. The standard InChI is InChI=1S/C27H36O12/c1-34-17-7-13(8-18(35-2)23(17)31)20-15(10-38-27-25(33)22(30)16(29)11-39-27)14(9-28)5-12-6-19(36-3)24(32)26(37-4)21(12)20/h6-8,14-16,20,22,25,27-33H,5,9-11H2,1-4H3/t14-,15-,16+,20-,22+,25+,27-/m0/s1. The number of hydrogen-bond acceptors (Lipinski definition) is 12. The van der Waals surface area contributed by atoms with Gasteiger partial charge >= 0.3 is 0 Å². The van der Waals surface area contributed by atoms with Crippen LogP contribution in [0.25, 0.3) is 0 Å². The van der Waals surface area contributed by atoms with E-state index < -0.39 is 36.4 Å². The molecule has 7 atom stereocenters. The van der Waals surface area contributed by atoms with Gasteiger partial charge in [-0.25, -0.2) is 0 Å². The zero-order valence-corrected chi connectivity index (χ0v) is 22.2. The molecule has 12 heteroatoms. The number of aliphatic hydroxyl groups is 4. The van der Waals surface area contributed by atoms with Gasteiger partial charge in [0.1, 0.15) is 18.3 Å². The fourth-order valence-electron chi connectivity index (χ4n) is 5.55. The van der Waals surface area contributed by atoms with E-state index in [-0.39, 0.29) is 60.2 Å². The van der Waals surface area contributed by atoms with Crippen molar-refractivity contribution in [2.75, 3.05) is 48.3 Å². The summed E-state index contributed by atoms with van der Waals surface area (Å²) in [6, 6.07) is 4.96. The van der Waals surface area contributed by atoms with Crippen molar-refractivity contribution in [1.82, 2.24) is 0 Å². The average Bonchev–Trinajstić information content (AvgIpc) is 2.94. The van der Waals surface area contributed by atoms with Gasteiger partial charge in [-0.3, -0.25) is 0 Å². The maximum atomic E-state index is 11.0. The lowest BCUT2D eigenvalue weighted by atomic mass is 9.66. The summed E-state index contributed by atoms with van der Waals surface area (Å²) < 4.78 is 33.2. The van der Waals surface area contributed by atoms with Crippen LogP contribution in [0.15, 0.2) is 18.2 Å². The smallest absolute Gasteiger partial charge is 0.201 e. The van der Waals surface area contributed by atoms with E-state index in [1.54, 1.807) is 18.2 Å². The predicted octanol–water partition coefficient (Wildman–Crippen LogP) is 0.500. The Morgan fingerprint density at radius 3 is 2.03 bits per heavy atom. The predicted molar refractivity (Wildman–Crippen MR) is 136 cm³/mol. The van der Waals surface area contributed by atoms with E-state index >= 15 is 0 Å². The van der Waals surface area contributed by atoms with E-state index in [2.05, 4.69) is 0 Å².